The summed E-state index contributed by atoms with van der Waals surface area (Å²) in [5, 5.41) is 0. The Labute approximate surface area is 429 Å². The minimum Gasteiger partial charge on any atom is -0.311 e. The van der Waals surface area contributed by atoms with Crippen molar-refractivity contribution in [2.75, 3.05) is 9.80 Å². The van der Waals surface area contributed by atoms with Crippen LogP contribution in [0, 0.1) is 0 Å². The fourth-order valence-corrected chi connectivity index (χ4v) is 12.1. The molecule has 0 fully saturated rings. The van der Waals surface area contributed by atoms with E-state index in [4.69, 9.17) is 0 Å². The van der Waals surface area contributed by atoms with Crippen LogP contribution in [0.1, 0.15) is 181 Å². The van der Waals surface area contributed by atoms with Crippen LogP contribution in [0.5, 0.6) is 0 Å². The third kappa shape index (κ3) is 8.28. The summed E-state index contributed by atoms with van der Waals surface area (Å²) >= 11 is 0. The van der Waals surface area contributed by atoms with Crippen LogP contribution in [-0.4, -0.2) is 6.71 Å². The maximum Gasteiger partial charge on any atom is 0.252 e. The number of hydrogen-bond donors (Lipinski definition) is 0. The van der Waals surface area contributed by atoms with Crippen LogP contribution >= 0.6 is 0 Å². The summed E-state index contributed by atoms with van der Waals surface area (Å²) in [6.45, 7) is 40.4. The normalized spacial score (nSPS) is 16.1. The molecule has 0 bridgehead atoms. The van der Waals surface area contributed by atoms with Gasteiger partial charge in [-0.2, -0.15) is 0 Å². The summed E-state index contributed by atoms with van der Waals surface area (Å²) in [5.41, 5.74) is 25.1. The lowest BCUT2D eigenvalue weighted by Gasteiger charge is -2.48. The fraction of sp³-hybridized carbons (Fsp3) is 0.382. The first-order valence-electron chi connectivity index (χ1n) is 26.7. The van der Waals surface area contributed by atoms with Crippen molar-refractivity contribution in [3.63, 3.8) is 0 Å². The van der Waals surface area contributed by atoms with Gasteiger partial charge in [-0.25, -0.2) is 0 Å². The van der Waals surface area contributed by atoms with Gasteiger partial charge >= 0.3 is 0 Å². The average molecular weight is 935 g/mol. The van der Waals surface area contributed by atoms with Crippen LogP contribution in [0.2, 0.25) is 0 Å². The molecule has 0 unspecified atom stereocenters. The summed E-state index contributed by atoms with van der Waals surface area (Å²) in [6, 6.07) is 55.4. The van der Waals surface area contributed by atoms with Crippen molar-refractivity contribution >= 4 is 57.2 Å². The van der Waals surface area contributed by atoms with E-state index in [0.717, 1.165) is 12.8 Å². The molecule has 2 aliphatic heterocycles. The van der Waals surface area contributed by atoms with Crippen LogP contribution < -0.4 is 26.2 Å². The zero-order valence-corrected chi connectivity index (χ0v) is 46.2. The van der Waals surface area contributed by atoms with E-state index in [2.05, 4.69) is 267 Å². The molecule has 2 heterocycles. The summed E-state index contributed by atoms with van der Waals surface area (Å²) in [4.78, 5) is 5.34. The highest BCUT2D eigenvalue weighted by atomic mass is 15.2. The van der Waals surface area contributed by atoms with Gasteiger partial charge in [0.25, 0.3) is 6.71 Å². The molecule has 10 rings (SSSR count). The number of benzene rings is 7. The SMILES string of the molecule is CC(C)c1cc2c3c(c1)N(c1ccc(C(C)(C)C)cc1-c1ccc(C(C)(C)C)cc1)c1cc4c(cc1B3c1cc(C(C)(C)c3ccccc3)ccc1N2c1ccc(C(C)(C)C)cc1)C(C)(C)CCC4(C)C. The molecule has 3 aliphatic rings. The van der Waals surface area contributed by atoms with Gasteiger partial charge in [-0.3, -0.25) is 0 Å². The summed E-state index contributed by atoms with van der Waals surface area (Å²) < 4.78 is 0. The lowest BCUT2D eigenvalue weighted by atomic mass is 9.32. The molecular formula is C68H79BN2. The van der Waals surface area contributed by atoms with Gasteiger partial charge in [0, 0.05) is 39.4 Å². The van der Waals surface area contributed by atoms with Gasteiger partial charge in [0.1, 0.15) is 0 Å². The highest BCUT2D eigenvalue weighted by molar-refractivity contribution is 7.00. The maximum atomic E-state index is 2.72. The number of fused-ring (bicyclic) bond motifs is 5. The molecule has 7 aromatic rings. The standard InChI is InChI=1S/C68H79BN2/c1-43(2)45-37-60-62-61(38-45)71(57-33-29-49(65(9,10)11)39-52(57)44-23-25-46(26-24-44)63(3,4)5)59-42-54-53(66(12,13)35-36-67(54,14)15)41-56(59)69(62)55-40-50(68(16,17)48-21-19-18-20-22-48)30-34-58(55)70(60)51-31-27-47(28-32-51)64(6,7)8/h18-34,37-43H,35-36H2,1-17H3. The Hall–Kier alpha value is -5.80. The molecule has 0 saturated heterocycles. The van der Waals surface area contributed by atoms with Crippen LogP contribution in [0.15, 0.2) is 140 Å². The highest BCUT2D eigenvalue weighted by Crippen LogP contribution is 2.53. The second-order valence-corrected chi connectivity index (χ2v) is 26.8. The monoisotopic (exact) mass is 935 g/mol. The molecule has 0 saturated carbocycles. The molecule has 71 heavy (non-hydrogen) atoms. The Morgan fingerprint density at radius 2 is 0.930 bits per heavy atom. The minimum atomic E-state index is -0.224. The number of nitrogens with zero attached hydrogens (tertiary/aromatic N) is 2. The third-order valence-electron chi connectivity index (χ3n) is 17.1. The van der Waals surface area contributed by atoms with Gasteiger partial charge in [0.15, 0.2) is 0 Å². The molecule has 0 N–H and O–H groups in total. The van der Waals surface area contributed by atoms with Crippen molar-refractivity contribution < 1.29 is 0 Å². The van der Waals surface area contributed by atoms with Crippen molar-refractivity contribution in [2.45, 2.75) is 169 Å². The predicted molar refractivity (Wildman–Crippen MR) is 310 cm³/mol. The first kappa shape index (κ1) is 48.8. The predicted octanol–water partition coefficient (Wildman–Crippen LogP) is 17.1. The van der Waals surface area contributed by atoms with E-state index < -0.39 is 0 Å². The van der Waals surface area contributed by atoms with E-state index in [1.807, 2.05) is 0 Å². The van der Waals surface area contributed by atoms with Crippen molar-refractivity contribution in [1.29, 1.82) is 0 Å². The molecule has 0 spiro atoms. The van der Waals surface area contributed by atoms with E-state index in [1.54, 1.807) is 0 Å². The van der Waals surface area contributed by atoms with E-state index in [1.165, 1.54) is 106 Å². The zero-order valence-electron chi connectivity index (χ0n) is 46.2. The largest absolute Gasteiger partial charge is 0.311 e. The molecule has 7 aromatic carbocycles. The molecule has 0 atom stereocenters. The second kappa shape index (κ2) is 16.6. The van der Waals surface area contributed by atoms with Gasteiger partial charge < -0.3 is 9.80 Å². The molecule has 0 amide bonds. The fourth-order valence-electron chi connectivity index (χ4n) is 12.1. The minimum absolute atomic E-state index is 0.00594. The number of rotatable bonds is 6. The first-order chi connectivity index (χ1) is 33.2. The summed E-state index contributed by atoms with van der Waals surface area (Å²) in [6.07, 6.45) is 2.32. The Morgan fingerprint density at radius 1 is 0.437 bits per heavy atom. The smallest absolute Gasteiger partial charge is 0.252 e. The van der Waals surface area contributed by atoms with Crippen molar-refractivity contribution in [2.24, 2.45) is 0 Å². The average Bonchev–Trinajstić information content (AvgIpc) is 3.31. The van der Waals surface area contributed by atoms with E-state index in [9.17, 15) is 0 Å². The summed E-state index contributed by atoms with van der Waals surface area (Å²) in [7, 11) is 0. The molecule has 1 aliphatic carbocycles. The topological polar surface area (TPSA) is 6.48 Å². The summed E-state index contributed by atoms with van der Waals surface area (Å²) in [5.74, 6) is 0.301. The van der Waals surface area contributed by atoms with Crippen LogP contribution in [0.25, 0.3) is 11.1 Å². The molecule has 3 heteroatoms. The van der Waals surface area contributed by atoms with Crippen molar-refractivity contribution in [3.05, 3.63) is 184 Å². The zero-order chi connectivity index (χ0) is 51.0. The Morgan fingerprint density at radius 3 is 1.49 bits per heavy atom. The van der Waals surface area contributed by atoms with Gasteiger partial charge in [0.05, 0.1) is 5.69 Å². The second-order valence-electron chi connectivity index (χ2n) is 26.8. The molecule has 2 nitrogen and oxygen atoms in total. The maximum absolute atomic E-state index is 2.72. The highest BCUT2D eigenvalue weighted by Gasteiger charge is 2.47. The first-order valence-corrected chi connectivity index (χ1v) is 26.7. The number of anilines is 6. The van der Waals surface area contributed by atoms with Crippen LogP contribution in [-0.2, 0) is 32.5 Å². The Balaban J connectivity index is 1.35. The van der Waals surface area contributed by atoms with E-state index in [0.29, 0.717) is 5.92 Å². The lowest BCUT2D eigenvalue weighted by molar-refractivity contribution is 0.332. The van der Waals surface area contributed by atoms with Gasteiger partial charge in [0.2, 0.25) is 0 Å². The van der Waals surface area contributed by atoms with E-state index >= 15 is 0 Å². The van der Waals surface area contributed by atoms with Crippen LogP contribution in [0.4, 0.5) is 34.1 Å². The third-order valence-corrected chi connectivity index (χ3v) is 17.1. The Bertz CT molecular complexity index is 3180. The van der Waals surface area contributed by atoms with Crippen LogP contribution in [0.3, 0.4) is 0 Å². The van der Waals surface area contributed by atoms with Gasteiger partial charge in [-0.1, -0.05) is 209 Å². The van der Waals surface area contributed by atoms with Gasteiger partial charge in [-0.15, -0.1) is 0 Å². The van der Waals surface area contributed by atoms with Crippen molar-refractivity contribution in [1.82, 2.24) is 0 Å². The quantitative estimate of drug-likeness (QED) is 0.153. The van der Waals surface area contributed by atoms with E-state index in [-0.39, 0.29) is 39.2 Å². The lowest BCUT2D eigenvalue weighted by Crippen LogP contribution is -2.62. The molecule has 0 radical (unpaired) electrons. The molecule has 0 aromatic heterocycles. The van der Waals surface area contributed by atoms with Gasteiger partial charge in [-0.05, 0) is 161 Å². The van der Waals surface area contributed by atoms with Crippen molar-refractivity contribution in [3.8, 4) is 11.1 Å². The molecular weight excluding hydrogens is 856 g/mol. The number of hydrogen-bond acceptors (Lipinski definition) is 2. The Kier molecular flexibility index (Phi) is 11.4. The molecule has 364 valence electrons.